The lowest BCUT2D eigenvalue weighted by molar-refractivity contribution is -0.140. The highest BCUT2D eigenvalue weighted by atomic mass is 16.2. The van der Waals surface area contributed by atoms with Crippen LogP contribution in [0, 0.1) is 17.8 Å². The zero-order valence-corrected chi connectivity index (χ0v) is 17.2. The topological polar surface area (TPSA) is 49.4 Å². The molecule has 2 saturated carbocycles. The third-order valence-corrected chi connectivity index (χ3v) is 8.27. The van der Waals surface area contributed by atoms with Crippen LogP contribution in [0.15, 0.2) is 0 Å². The van der Waals surface area contributed by atoms with Gasteiger partial charge >= 0.3 is 0 Å². The van der Waals surface area contributed by atoms with Crippen molar-refractivity contribution in [3.05, 3.63) is 0 Å². The molecule has 0 aromatic rings. The monoisotopic (exact) mass is 374 g/mol. The molecule has 4 fully saturated rings. The first-order valence-corrected chi connectivity index (χ1v) is 11.8. The average molecular weight is 375 g/mol. The summed E-state index contributed by atoms with van der Waals surface area (Å²) in [6.07, 6.45) is 15.7. The fourth-order valence-corrected chi connectivity index (χ4v) is 7.07. The van der Waals surface area contributed by atoms with Gasteiger partial charge in [0.2, 0.25) is 11.8 Å². The van der Waals surface area contributed by atoms with Crippen LogP contribution < -0.4 is 5.32 Å². The molecule has 4 heteroatoms. The normalized spacial score (nSPS) is 37.4. The molecule has 4 atom stereocenters. The highest BCUT2D eigenvalue weighted by Gasteiger charge is 2.55. The summed E-state index contributed by atoms with van der Waals surface area (Å²) in [7, 11) is 0. The first kappa shape index (κ1) is 19.3. The summed E-state index contributed by atoms with van der Waals surface area (Å²) >= 11 is 0. The molecule has 2 aliphatic carbocycles. The van der Waals surface area contributed by atoms with E-state index in [4.69, 9.17) is 0 Å². The molecular formula is C23H38N2O2. The fourth-order valence-electron chi connectivity index (χ4n) is 7.07. The van der Waals surface area contributed by atoms with Crippen LogP contribution in [0.2, 0.25) is 0 Å². The molecule has 1 spiro atoms. The van der Waals surface area contributed by atoms with Gasteiger partial charge < -0.3 is 10.2 Å². The summed E-state index contributed by atoms with van der Waals surface area (Å²) in [5, 5.41) is 3.52. The summed E-state index contributed by atoms with van der Waals surface area (Å²) in [6.45, 7) is 3.24. The van der Waals surface area contributed by atoms with Crippen LogP contribution in [0.5, 0.6) is 0 Å². The minimum atomic E-state index is 0.111. The van der Waals surface area contributed by atoms with Crippen molar-refractivity contribution in [2.24, 2.45) is 17.8 Å². The van der Waals surface area contributed by atoms with Crippen molar-refractivity contribution in [3.8, 4) is 0 Å². The maximum absolute atomic E-state index is 12.9. The Bertz CT molecular complexity index is 557. The lowest BCUT2D eigenvalue weighted by Crippen LogP contribution is -2.60. The third kappa shape index (κ3) is 3.53. The smallest absolute Gasteiger partial charge is 0.223 e. The van der Waals surface area contributed by atoms with Crippen LogP contribution in [-0.2, 0) is 9.59 Å². The van der Waals surface area contributed by atoms with E-state index in [9.17, 15) is 9.59 Å². The molecule has 4 rings (SSSR count). The predicted molar refractivity (Wildman–Crippen MR) is 107 cm³/mol. The molecule has 4 nitrogen and oxygen atoms in total. The van der Waals surface area contributed by atoms with E-state index in [-0.39, 0.29) is 11.5 Å². The van der Waals surface area contributed by atoms with Gasteiger partial charge in [0.25, 0.3) is 0 Å². The van der Waals surface area contributed by atoms with Crippen LogP contribution in [0.1, 0.15) is 96.8 Å². The molecule has 0 aromatic carbocycles. The minimum absolute atomic E-state index is 0.111. The standard InChI is InChI=1S/C23H38N2O2/c1-2-8-18-19-11-6-12-21(26)25-16-7-14-23(19,25)15-13-20(18)24-22(27)17-9-4-3-5-10-17/h17-20H,2-16H2,1H3,(H,24,27)/t18-,19+,20+,23-/m1/s1. The SMILES string of the molecule is CCC[C@H]1[C@@H](NC(=O)C2CCCCC2)CC[C@@]23CCCN2C(=O)CCC[C@@H]13. The second-order valence-corrected chi connectivity index (χ2v) is 9.69. The van der Waals surface area contributed by atoms with E-state index in [0.717, 1.165) is 45.1 Å². The number of hydrogen-bond acceptors (Lipinski definition) is 2. The Balaban J connectivity index is 1.53. The van der Waals surface area contributed by atoms with Crippen LogP contribution in [-0.4, -0.2) is 34.8 Å². The van der Waals surface area contributed by atoms with Crippen LogP contribution in [0.3, 0.4) is 0 Å². The highest BCUT2D eigenvalue weighted by Crippen LogP contribution is 2.52. The maximum atomic E-state index is 12.9. The Kier molecular flexibility index (Phi) is 5.80. The van der Waals surface area contributed by atoms with Crippen molar-refractivity contribution in [2.45, 2.75) is 108 Å². The first-order chi connectivity index (χ1) is 13.2. The molecule has 1 N–H and O–H groups in total. The minimum Gasteiger partial charge on any atom is -0.353 e. The maximum Gasteiger partial charge on any atom is 0.223 e. The Morgan fingerprint density at radius 2 is 1.89 bits per heavy atom. The first-order valence-electron chi connectivity index (χ1n) is 11.8. The molecule has 0 radical (unpaired) electrons. The molecule has 2 saturated heterocycles. The van der Waals surface area contributed by atoms with Crippen molar-refractivity contribution >= 4 is 11.8 Å². The summed E-state index contributed by atoms with van der Waals surface area (Å²) in [6, 6.07) is 0.325. The molecular weight excluding hydrogens is 336 g/mol. The molecule has 27 heavy (non-hydrogen) atoms. The zero-order chi connectivity index (χ0) is 18.9. The quantitative estimate of drug-likeness (QED) is 0.792. The average Bonchev–Trinajstić information content (AvgIpc) is 3.05. The number of nitrogens with zero attached hydrogens (tertiary/aromatic N) is 1. The lowest BCUT2D eigenvalue weighted by atomic mass is 9.61. The predicted octanol–water partition coefficient (Wildman–Crippen LogP) is 4.42. The zero-order valence-electron chi connectivity index (χ0n) is 17.2. The molecule has 152 valence electrons. The molecule has 0 bridgehead atoms. The Hall–Kier alpha value is -1.06. The van der Waals surface area contributed by atoms with Crippen molar-refractivity contribution in [3.63, 3.8) is 0 Å². The molecule has 0 unspecified atom stereocenters. The summed E-state index contributed by atoms with van der Waals surface area (Å²) in [4.78, 5) is 28.0. The summed E-state index contributed by atoms with van der Waals surface area (Å²) in [5.74, 6) is 2.09. The van der Waals surface area contributed by atoms with Crippen LogP contribution in [0.25, 0.3) is 0 Å². The van der Waals surface area contributed by atoms with Gasteiger partial charge in [-0.15, -0.1) is 0 Å². The van der Waals surface area contributed by atoms with Gasteiger partial charge in [-0.05, 0) is 69.6 Å². The van der Waals surface area contributed by atoms with Crippen molar-refractivity contribution in [1.82, 2.24) is 10.2 Å². The number of amides is 2. The van der Waals surface area contributed by atoms with Crippen LogP contribution >= 0.6 is 0 Å². The lowest BCUT2D eigenvalue weighted by Gasteiger charge is -2.53. The molecule has 2 heterocycles. The number of hydrogen-bond donors (Lipinski definition) is 1. The van der Waals surface area contributed by atoms with E-state index in [1.54, 1.807) is 0 Å². The van der Waals surface area contributed by atoms with Gasteiger partial charge in [0.1, 0.15) is 0 Å². The Morgan fingerprint density at radius 1 is 1.07 bits per heavy atom. The van der Waals surface area contributed by atoms with Gasteiger partial charge in [0.15, 0.2) is 0 Å². The fraction of sp³-hybridized carbons (Fsp3) is 0.913. The number of carbonyl (C=O) groups excluding carboxylic acids is 2. The second kappa shape index (κ2) is 8.13. The number of nitrogens with one attached hydrogen (secondary N) is 1. The van der Waals surface area contributed by atoms with Crippen molar-refractivity contribution in [2.75, 3.05) is 6.54 Å². The molecule has 4 aliphatic rings. The van der Waals surface area contributed by atoms with Crippen molar-refractivity contribution < 1.29 is 9.59 Å². The van der Waals surface area contributed by atoms with Gasteiger partial charge in [0, 0.05) is 30.5 Å². The van der Waals surface area contributed by atoms with E-state index in [1.807, 2.05) is 0 Å². The van der Waals surface area contributed by atoms with Gasteiger partial charge in [-0.1, -0.05) is 32.6 Å². The van der Waals surface area contributed by atoms with Gasteiger partial charge in [-0.2, -0.15) is 0 Å². The van der Waals surface area contributed by atoms with Crippen LogP contribution in [0.4, 0.5) is 0 Å². The second-order valence-electron chi connectivity index (χ2n) is 9.69. The van der Waals surface area contributed by atoms with E-state index in [2.05, 4.69) is 17.1 Å². The summed E-state index contributed by atoms with van der Waals surface area (Å²) in [5.41, 5.74) is 0.111. The molecule has 0 aromatic heterocycles. The van der Waals surface area contributed by atoms with Gasteiger partial charge in [0.05, 0.1) is 0 Å². The summed E-state index contributed by atoms with van der Waals surface area (Å²) < 4.78 is 0. The van der Waals surface area contributed by atoms with Crippen molar-refractivity contribution in [1.29, 1.82) is 0 Å². The third-order valence-electron chi connectivity index (χ3n) is 8.27. The van der Waals surface area contributed by atoms with Gasteiger partial charge in [-0.3, -0.25) is 9.59 Å². The Morgan fingerprint density at radius 3 is 2.67 bits per heavy atom. The molecule has 2 amide bonds. The van der Waals surface area contributed by atoms with E-state index in [0.29, 0.717) is 29.7 Å². The largest absolute Gasteiger partial charge is 0.353 e. The number of carbonyl (C=O) groups is 2. The van der Waals surface area contributed by atoms with E-state index < -0.39 is 0 Å². The number of rotatable bonds is 4. The highest BCUT2D eigenvalue weighted by molar-refractivity contribution is 5.79. The van der Waals surface area contributed by atoms with E-state index in [1.165, 1.54) is 51.4 Å². The van der Waals surface area contributed by atoms with Gasteiger partial charge in [-0.25, -0.2) is 0 Å². The van der Waals surface area contributed by atoms with E-state index >= 15 is 0 Å². The Labute approximate surface area is 164 Å². The molecule has 2 aliphatic heterocycles.